The van der Waals surface area contributed by atoms with Gasteiger partial charge < -0.3 is 16.6 Å². The molecule has 0 amide bonds. The molecule has 6 nitrogen and oxygen atoms in total. The van der Waals surface area contributed by atoms with Gasteiger partial charge in [-0.15, -0.1) is 0 Å². The van der Waals surface area contributed by atoms with Gasteiger partial charge in [0.15, 0.2) is 5.69 Å². The van der Waals surface area contributed by atoms with Crippen LogP contribution in [0.1, 0.15) is 16.1 Å². The Morgan fingerprint density at radius 3 is 2.48 bits per heavy atom. The van der Waals surface area contributed by atoms with E-state index in [1.165, 1.54) is 12.1 Å². The highest BCUT2D eigenvalue weighted by molar-refractivity contribution is 5.92. The number of nitrogens with zero attached hydrogens (tertiary/aromatic N) is 2. The minimum Gasteiger partial charge on any atom is -0.476 e. The fourth-order valence-electron chi connectivity index (χ4n) is 1.70. The van der Waals surface area contributed by atoms with Crippen molar-refractivity contribution in [2.24, 2.45) is 0 Å². The van der Waals surface area contributed by atoms with Gasteiger partial charge in [0.2, 0.25) is 0 Å². The molecule has 2 heterocycles. The molecule has 21 heavy (non-hydrogen) atoms. The average Bonchev–Trinajstić information content (AvgIpc) is 2.38. The zero-order valence-electron chi connectivity index (χ0n) is 10.3. The molecule has 9 heteroatoms. The Morgan fingerprint density at radius 2 is 1.90 bits per heavy atom. The second kappa shape index (κ2) is 4.93. The Labute approximate surface area is 116 Å². The molecule has 0 aliphatic rings. The molecule has 0 spiro atoms. The molecule has 2 aromatic heterocycles. The number of alkyl halides is 3. The van der Waals surface area contributed by atoms with Crippen LogP contribution in [0.4, 0.5) is 24.7 Å². The number of anilines is 2. The van der Waals surface area contributed by atoms with Crippen molar-refractivity contribution in [2.75, 3.05) is 11.5 Å². The molecule has 0 aliphatic carbocycles. The van der Waals surface area contributed by atoms with Gasteiger partial charge in [-0.2, -0.15) is 13.2 Å². The number of hydrogen-bond acceptors (Lipinski definition) is 5. The Balaban J connectivity index is 2.68. The summed E-state index contributed by atoms with van der Waals surface area (Å²) in [6.45, 7) is 0. The van der Waals surface area contributed by atoms with Crippen molar-refractivity contribution in [3.63, 3.8) is 0 Å². The zero-order valence-corrected chi connectivity index (χ0v) is 10.3. The van der Waals surface area contributed by atoms with Gasteiger partial charge in [0, 0.05) is 11.8 Å². The highest BCUT2D eigenvalue weighted by atomic mass is 19.4. The van der Waals surface area contributed by atoms with Crippen molar-refractivity contribution in [1.29, 1.82) is 0 Å². The third-order valence-electron chi connectivity index (χ3n) is 2.64. The average molecular weight is 298 g/mol. The lowest BCUT2D eigenvalue weighted by atomic mass is 10.1. The van der Waals surface area contributed by atoms with Crippen molar-refractivity contribution in [3.8, 4) is 11.3 Å². The van der Waals surface area contributed by atoms with E-state index in [-0.39, 0.29) is 22.8 Å². The monoisotopic (exact) mass is 298 g/mol. The molecular formula is C12H9F3N4O2. The van der Waals surface area contributed by atoms with Crippen LogP contribution in [0, 0.1) is 0 Å². The first-order valence-corrected chi connectivity index (χ1v) is 5.53. The van der Waals surface area contributed by atoms with Gasteiger partial charge in [-0.25, -0.2) is 14.8 Å². The molecule has 110 valence electrons. The number of carboxylic acids is 1. The largest absolute Gasteiger partial charge is 0.476 e. The van der Waals surface area contributed by atoms with Crippen LogP contribution in [-0.2, 0) is 6.18 Å². The summed E-state index contributed by atoms with van der Waals surface area (Å²) < 4.78 is 39.0. The maximum absolute atomic E-state index is 13.0. The first-order valence-electron chi connectivity index (χ1n) is 5.53. The lowest BCUT2D eigenvalue weighted by Crippen LogP contribution is -2.11. The Kier molecular flexibility index (Phi) is 3.42. The Hall–Kier alpha value is -2.84. The zero-order chi connectivity index (χ0) is 15.8. The third kappa shape index (κ3) is 2.86. The van der Waals surface area contributed by atoms with Crippen LogP contribution < -0.4 is 11.5 Å². The van der Waals surface area contributed by atoms with E-state index in [9.17, 15) is 18.0 Å². The number of nitrogen functional groups attached to an aromatic ring is 2. The molecule has 0 aromatic carbocycles. The van der Waals surface area contributed by atoms with Crippen LogP contribution in [0.3, 0.4) is 0 Å². The quantitative estimate of drug-likeness (QED) is 0.781. The molecule has 0 saturated carbocycles. The summed E-state index contributed by atoms with van der Waals surface area (Å²) in [5.74, 6) is -1.74. The van der Waals surface area contributed by atoms with Gasteiger partial charge in [0.25, 0.3) is 0 Å². The van der Waals surface area contributed by atoms with E-state index in [0.29, 0.717) is 6.07 Å². The highest BCUT2D eigenvalue weighted by Crippen LogP contribution is 2.37. The molecule has 0 bridgehead atoms. The van der Waals surface area contributed by atoms with Gasteiger partial charge >= 0.3 is 12.1 Å². The normalized spacial score (nSPS) is 11.4. The van der Waals surface area contributed by atoms with Crippen molar-refractivity contribution in [2.45, 2.75) is 6.18 Å². The molecule has 0 atom stereocenters. The predicted molar refractivity (Wildman–Crippen MR) is 68.3 cm³/mol. The van der Waals surface area contributed by atoms with Crippen LogP contribution in [0.25, 0.3) is 11.3 Å². The van der Waals surface area contributed by atoms with Gasteiger partial charge in [-0.3, -0.25) is 0 Å². The smallest absolute Gasteiger partial charge is 0.417 e. The van der Waals surface area contributed by atoms with Gasteiger partial charge in [-0.05, 0) is 18.2 Å². The van der Waals surface area contributed by atoms with Crippen molar-refractivity contribution < 1.29 is 23.1 Å². The van der Waals surface area contributed by atoms with Gasteiger partial charge in [-0.1, -0.05) is 0 Å². The highest BCUT2D eigenvalue weighted by Gasteiger charge is 2.34. The number of aromatic nitrogens is 2. The van der Waals surface area contributed by atoms with E-state index in [1.807, 2.05) is 0 Å². The van der Waals surface area contributed by atoms with Crippen LogP contribution in [0.15, 0.2) is 24.4 Å². The van der Waals surface area contributed by atoms with E-state index >= 15 is 0 Å². The van der Waals surface area contributed by atoms with E-state index in [2.05, 4.69) is 9.97 Å². The summed E-state index contributed by atoms with van der Waals surface area (Å²) in [6, 6.07) is 3.01. The minimum absolute atomic E-state index is 0.150. The standard InChI is InChI=1S/C12H9F3N4O2/c13-12(14,15)6-3-9(17)18-4-5(6)8-2-1-7(16)10(19-8)11(20)21/h1-4H,16H2,(H2,17,18)(H,20,21). The summed E-state index contributed by atoms with van der Waals surface area (Å²) in [5.41, 5.74) is 8.36. The predicted octanol–water partition coefficient (Wildman–Crippen LogP) is 2.02. The second-order valence-electron chi connectivity index (χ2n) is 4.09. The lowest BCUT2D eigenvalue weighted by Gasteiger charge is -2.13. The maximum atomic E-state index is 13.0. The summed E-state index contributed by atoms with van der Waals surface area (Å²) in [7, 11) is 0. The van der Waals surface area contributed by atoms with Gasteiger partial charge in [0.05, 0.1) is 16.9 Å². The number of rotatable bonds is 2. The second-order valence-corrected chi connectivity index (χ2v) is 4.09. The van der Waals surface area contributed by atoms with E-state index in [1.54, 1.807) is 0 Å². The van der Waals surface area contributed by atoms with Gasteiger partial charge in [0.1, 0.15) is 5.82 Å². The minimum atomic E-state index is -4.68. The number of aromatic carboxylic acids is 1. The number of halogens is 3. The topological polar surface area (TPSA) is 115 Å². The number of nitrogens with two attached hydrogens (primary N) is 2. The van der Waals surface area contributed by atoms with E-state index in [4.69, 9.17) is 16.6 Å². The summed E-state index contributed by atoms with van der Waals surface area (Å²) in [5, 5.41) is 8.91. The summed E-state index contributed by atoms with van der Waals surface area (Å²) in [6.07, 6.45) is -3.79. The molecule has 0 fully saturated rings. The van der Waals surface area contributed by atoms with E-state index < -0.39 is 23.4 Å². The van der Waals surface area contributed by atoms with Crippen molar-refractivity contribution in [1.82, 2.24) is 9.97 Å². The van der Waals surface area contributed by atoms with Crippen LogP contribution in [0.5, 0.6) is 0 Å². The SMILES string of the molecule is Nc1cc(C(F)(F)F)c(-c2ccc(N)c(C(=O)O)n2)cn1. The third-order valence-corrected chi connectivity index (χ3v) is 2.64. The number of carbonyl (C=O) groups is 1. The number of pyridine rings is 2. The molecule has 2 aromatic rings. The fourth-order valence-corrected chi connectivity index (χ4v) is 1.70. The Bertz CT molecular complexity index is 716. The van der Waals surface area contributed by atoms with Crippen molar-refractivity contribution >= 4 is 17.5 Å². The maximum Gasteiger partial charge on any atom is 0.417 e. The number of hydrogen-bond donors (Lipinski definition) is 3. The molecule has 0 radical (unpaired) electrons. The van der Waals surface area contributed by atoms with Crippen molar-refractivity contribution in [3.05, 3.63) is 35.7 Å². The molecule has 0 unspecified atom stereocenters. The molecule has 0 aliphatic heterocycles. The number of carboxylic acid groups (broad SMARTS) is 1. The van der Waals surface area contributed by atoms with Crippen LogP contribution in [-0.4, -0.2) is 21.0 Å². The first-order chi connectivity index (χ1) is 9.70. The van der Waals surface area contributed by atoms with Crippen LogP contribution in [0.2, 0.25) is 0 Å². The molecule has 2 rings (SSSR count). The molecule has 5 N–H and O–H groups in total. The summed E-state index contributed by atoms with van der Waals surface area (Å²) in [4.78, 5) is 18.2. The lowest BCUT2D eigenvalue weighted by molar-refractivity contribution is -0.137. The summed E-state index contributed by atoms with van der Waals surface area (Å²) >= 11 is 0. The van der Waals surface area contributed by atoms with Crippen LogP contribution >= 0.6 is 0 Å². The molecular weight excluding hydrogens is 289 g/mol. The Morgan fingerprint density at radius 1 is 1.24 bits per heavy atom. The first kappa shape index (κ1) is 14.6. The molecule has 0 saturated heterocycles. The fraction of sp³-hybridized carbons (Fsp3) is 0.0833. The van der Waals surface area contributed by atoms with E-state index in [0.717, 1.165) is 6.20 Å².